The van der Waals surface area contributed by atoms with Crippen LogP contribution in [0.4, 0.5) is 0 Å². The Morgan fingerprint density at radius 1 is 1.52 bits per heavy atom. The minimum Gasteiger partial charge on any atom is -0.468 e. The normalized spacial score (nSPS) is 27.2. The van der Waals surface area contributed by atoms with Crippen LogP contribution in [0.5, 0.6) is 5.75 Å². The molecule has 1 aromatic rings. The SMILES string of the molecule is CC(C)CN1C(=S)NC2CC1(C)Oc1ccc(CCl)cc12. The fourth-order valence-corrected chi connectivity index (χ4v) is 3.77. The third-order valence-electron chi connectivity index (χ3n) is 4.18. The summed E-state index contributed by atoms with van der Waals surface area (Å²) in [5.74, 6) is 1.98. The van der Waals surface area contributed by atoms with Crippen LogP contribution in [0.2, 0.25) is 0 Å². The molecule has 1 saturated heterocycles. The summed E-state index contributed by atoms with van der Waals surface area (Å²) < 4.78 is 6.33. The second kappa shape index (κ2) is 5.33. The number of halogens is 1. The molecule has 1 fully saturated rings. The van der Waals surface area contributed by atoms with Crippen molar-refractivity contribution in [2.24, 2.45) is 5.92 Å². The lowest BCUT2D eigenvalue weighted by Gasteiger charge is -2.52. The lowest BCUT2D eigenvalue weighted by molar-refractivity contribution is -0.0721. The second-order valence-electron chi connectivity index (χ2n) is 6.49. The van der Waals surface area contributed by atoms with Gasteiger partial charge in [0.2, 0.25) is 0 Å². The van der Waals surface area contributed by atoms with E-state index in [-0.39, 0.29) is 11.8 Å². The fourth-order valence-electron chi connectivity index (χ4n) is 3.19. The zero-order valence-corrected chi connectivity index (χ0v) is 14.2. The first-order valence-corrected chi connectivity index (χ1v) is 8.33. The van der Waals surface area contributed by atoms with E-state index in [0.717, 1.165) is 35.0 Å². The zero-order chi connectivity index (χ0) is 15.2. The average Bonchev–Trinajstić information content (AvgIpc) is 2.42. The summed E-state index contributed by atoms with van der Waals surface area (Å²) in [5.41, 5.74) is 1.91. The molecule has 0 aliphatic carbocycles. The Kier molecular flexibility index (Phi) is 3.78. The lowest BCUT2D eigenvalue weighted by atomic mass is 9.89. The van der Waals surface area contributed by atoms with Crippen LogP contribution in [0.15, 0.2) is 18.2 Å². The average molecular weight is 325 g/mol. The van der Waals surface area contributed by atoms with Gasteiger partial charge >= 0.3 is 0 Å². The highest BCUT2D eigenvalue weighted by Crippen LogP contribution is 2.44. The van der Waals surface area contributed by atoms with E-state index < -0.39 is 0 Å². The van der Waals surface area contributed by atoms with Crippen LogP contribution in [0.25, 0.3) is 0 Å². The van der Waals surface area contributed by atoms with E-state index in [9.17, 15) is 0 Å². The van der Waals surface area contributed by atoms with Crippen molar-refractivity contribution in [1.82, 2.24) is 10.2 Å². The molecule has 114 valence electrons. The number of hydrogen-bond donors (Lipinski definition) is 1. The maximum absolute atomic E-state index is 6.33. The molecular formula is C16H21ClN2OS. The van der Waals surface area contributed by atoms with E-state index in [4.69, 9.17) is 28.6 Å². The van der Waals surface area contributed by atoms with Crippen LogP contribution in [0.3, 0.4) is 0 Å². The van der Waals surface area contributed by atoms with Gasteiger partial charge in [0.15, 0.2) is 10.8 Å². The van der Waals surface area contributed by atoms with Gasteiger partial charge in [-0.05, 0) is 42.8 Å². The highest BCUT2D eigenvalue weighted by atomic mass is 35.5. The topological polar surface area (TPSA) is 24.5 Å². The standard InChI is InChI=1S/C16H21ClN2OS/c1-10(2)9-19-15(21)18-13-7-16(19,3)20-14-5-4-11(8-17)6-12(13)14/h4-6,10,13H,7-9H2,1-3H3,(H,18,21). The molecule has 2 atom stereocenters. The first-order chi connectivity index (χ1) is 9.93. The third-order valence-corrected chi connectivity index (χ3v) is 4.83. The quantitative estimate of drug-likeness (QED) is 0.675. The van der Waals surface area contributed by atoms with E-state index in [0.29, 0.717) is 11.8 Å². The van der Waals surface area contributed by atoms with E-state index in [2.05, 4.69) is 37.1 Å². The van der Waals surface area contributed by atoms with Gasteiger partial charge in [-0.25, -0.2) is 0 Å². The largest absolute Gasteiger partial charge is 0.468 e. The Morgan fingerprint density at radius 2 is 2.29 bits per heavy atom. The number of nitrogens with one attached hydrogen (secondary N) is 1. The molecule has 2 bridgehead atoms. The predicted octanol–water partition coefficient (Wildman–Crippen LogP) is 3.81. The molecule has 3 rings (SSSR count). The van der Waals surface area contributed by atoms with Gasteiger partial charge in [0.25, 0.3) is 0 Å². The van der Waals surface area contributed by atoms with Gasteiger partial charge in [0.1, 0.15) is 5.75 Å². The highest BCUT2D eigenvalue weighted by molar-refractivity contribution is 7.80. The van der Waals surface area contributed by atoms with Crippen LogP contribution >= 0.6 is 23.8 Å². The zero-order valence-electron chi connectivity index (χ0n) is 12.6. The number of hydrogen-bond acceptors (Lipinski definition) is 2. The first kappa shape index (κ1) is 14.9. The molecule has 5 heteroatoms. The van der Waals surface area contributed by atoms with Crippen molar-refractivity contribution >= 4 is 28.9 Å². The van der Waals surface area contributed by atoms with Crippen molar-refractivity contribution in [2.75, 3.05) is 6.54 Å². The lowest BCUT2D eigenvalue weighted by Crippen LogP contribution is -2.65. The van der Waals surface area contributed by atoms with Crippen molar-refractivity contribution in [1.29, 1.82) is 0 Å². The van der Waals surface area contributed by atoms with E-state index in [1.165, 1.54) is 0 Å². The van der Waals surface area contributed by atoms with Crippen LogP contribution in [0, 0.1) is 5.92 Å². The summed E-state index contributed by atoms with van der Waals surface area (Å²) in [6.07, 6.45) is 0.887. The van der Waals surface area contributed by atoms with Gasteiger partial charge in [-0.3, -0.25) is 0 Å². The van der Waals surface area contributed by atoms with Gasteiger partial charge in [-0.1, -0.05) is 19.9 Å². The number of nitrogens with zero attached hydrogens (tertiary/aromatic N) is 1. The van der Waals surface area contributed by atoms with E-state index in [1.54, 1.807) is 0 Å². The van der Waals surface area contributed by atoms with Gasteiger partial charge < -0.3 is 15.0 Å². The Labute approximate surface area is 136 Å². The van der Waals surface area contributed by atoms with E-state index >= 15 is 0 Å². The number of fused-ring (bicyclic) bond motifs is 4. The van der Waals surface area contributed by atoms with Crippen LogP contribution in [0.1, 0.15) is 44.4 Å². The maximum Gasteiger partial charge on any atom is 0.184 e. The van der Waals surface area contributed by atoms with Crippen molar-refractivity contribution in [3.05, 3.63) is 29.3 Å². The molecule has 0 spiro atoms. The highest BCUT2D eigenvalue weighted by Gasteiger charge is 2.47. The molecule has 0 amide bonds. The third kappa shape index (κ3) is 2.59. The van der Waals surface area contributed by atoms with Crippen LogP contribution in [-0.4, -0.2) is 22.3 Å². The molecule has 0 saturated carbocycles. The number of ether oxygens (including phenoxy) is 1. The van der Waals surface area contributed by atoms with Crippen molar-refractivity contribution in [3.63, 3.8) is 0 Å². The molecule has 1 aromatic carbocycles. The molecule has 2 aliphatic rings. The predicted molar refractivity (Wildman–Crippen MR) is 89.7 cm³/mol. The number of thiocarbonyl (C=S) groups is 1. The van der Waals surface area contributed by atoms with Crippen LogP contribution < -0.4 is 10.1 Å². The smallest absolute Gasteiger partial charge is 0.184 e. The van der Waals surface area contributed by atoms with Gasteiger partial charge in [0.05, 0.1) is 6.04 Å². The minimum atomic E-state index is -0.368. The van der Waals surface area contributed by atoms with E-state index in [1.807, 2.05) is 12.1 Å². The second-order valence-corrected chi connectivity index (χ2v) is 7.15. The van der Waals surface area contributed by atoms with Crippen molar-refractivity contribution in [3.8, 4) is 5.75 Å². The Morgan fingerprint density at radius 3 is 2.95 bits per heavy atom. The molecule has 2 unspecified atom stereocenters. The van der Waals surface area contributed by atoms with Gasteiger partial charge in [-0.15, -0.1) is 11.6 Å². The van der Waals surface area contributed by atoms with Crippen LogP contribution in [-0.2, 0) is 5.88 Å². The summed E-state index contributed by atoms with van der Waals surface area (Å²) in [4.78, 5) is 2.18. The minimum absolute atomic E-state index is 0.206. The van der Waals surface area contributed by atoms with Gasteiger partial charge in [0, 0.05) is 24.4 Å². The molecule has 0 radical (unpaired) electrons. The van der Waals surface area contributed by atoms with Crippen molar-refractivity contribution < 1.29 is 4.74 Å². The first-order valence-electron chi connectivity index (χ1n) is 7.39. The Balaban J connectivity index is 1.98. The molecule has 3 nitrogen and oxygen atoms in total. The van der Waals surface area contributed by atoms with Gasteiger partial charge in [-0.2, -0.15) is 0 Å². The molecular weight excluding hydrogens is 304 g/mol. The molecule has 1 N–H and O–H groups in total. The number of alkyl halides is 1. The number of rotatable bonds is 3. The summed E-state index contributed by atoms with van der Waals surface area (Å²) in [6, 6.07) is 6.39. The maximum atomic E-state index is 6.33. The molecule has 0 aromatic heterocycles. The van der Waals surface area contributed by atoms with Crippen molar-refractivity contribution in [2.45, 2.75) is 44.8 Å². The summed E-state index contributed by atoms with van der Waals surface area (Å²) in [5, 5.41) is 4.25. The Hall–Kier alpha value is -1.00. The summed E-state index contributed by atoms with van der Waals surface area (Å²) in [6.45, 7) is 7.42. The Bertz CT molecular complexity index is 577. The monoisotopic (exact) mass is 324 g/mol. The molecule has 2 heterocycles. The number of benzene rings is 1. The molecule has 21 heavy (non-hydrogen) atoms. The fraction of sp³-hybridized carbons (Fsp3) is 0.562. The summed E-state index contributed by atoms with van der Waals surface area (Å²) >= 11 is 11.5. The molecule has 2 aliphatic heterocycles. The summed E-state index contributed by atoms with van der Waals surface area (Å²) in [7, 11) is 0.